The van der Waals surface area contributed by atoms with Crippen LogP contribution in [0.1, 0.15) is 27.8 Å². The first-order chi connectivity index (χ1) is 17.7. The maximum absolute atomic E-state index is 11.6. The van der Waals surface area contributed by atoms with E-state index in [2.05, 4.69) is 29.4 Å². The van der Waals surface area contributed by atoms with E-state index in [0.29, 0.717) is 12.3 Å². The molecule has 0 aliphatic rings. The van der Waals surface area contributed by atoms with Crippen molar-refractivity contribution < 1.29 is 49.0 Å². The fourth-order valence-corrected chi connectivity index (χ4v) is 4.30. The zero-order chi connectivity index (χ0) is 26.5. The van der Waals surface area contributed by atoms with Crippen molar-refractivity contribution in [3.8, 4) is 16.9 Å². The van der Waals surface area contributed by atoms with Crippen LogP contribution in [-0.4, -0.2) is 34.3 Å². The van der Waals surface area contributed by atoms with Crippen LogP contribution >= 0.6 is 0 Å². The predicted molar refractivity (Wildman–Crippen MR) is 140 cm³/mol. The van der Waals surface area contributed by atoms with E-state index in [-0.39, 0.29) is 49.3 Å². The Morgan fingerprint density at radius 2 is 1.74 bits per heavy atom. The van der Waals surface area contributed by atoms with Gasteiger partial charge in [0.25, 0.3) is 0 Å². The summed E-state index contributed by atoms with van der Waals surface area (Å²) in [6.07, 6.45) is -0.909. The topological polar surface area (TPSA) is 128 Å². The van der Waals surface area contributed by atoms with Gasteiger partial charge in [0.1, 0.15) is 18.5 Å². The van der Waals surface area contributed by atoms with E-state index in [1.165, 1.54) is 5.56 Å². The average molecular weight is 528 g/mol. The minimum absolute atomic E-state index is 0. The van der Waals surface area contributed by atoms with E-state index < -0.39 is 17.5 Å². The predicted octanol–water partition coefficient (Wildman–Crippen LogP) is -0.253. The van der Waals surface area contributed by atoms with Crippen LogP contribution < -0.4 is 56.0 Å². The molecule has 1 heterocycles. The Balaban J connectivity index is 0.00000400. The molecule has 0 fully saturated rings. The number of hydrogen-bond donors (Lipinski definition) is 3. The van der Waals surface area contributed by atoms with E-state index in [9.17, 15) is 14.7 Å². The number of anilines is 1. The Hall–Kier alpha value is -3.08. The second-order valence-corrected chi connectivity index (χ2v) is 9.01. The number of aliphatic hydroxyl groups is 2. The number of ether oxygens (including phenoxy) is 1. The summed E-state index contributed by atoms with van der Waals surface area (Å²) in [5.41, 5.74) is 7.76. The molecule has 4 aromatic rings. The van der Waals surface area contributed by atoms with Crippen molar-refractivity contribution >= 4 is 5.69 Å². The molecule has 0 radical (unpaired) electrons. The van der Waals surface area contributed by atoms with E-state index >= 15 is 0 Å². The Bertz CT molecular complexity index is 1470. The molecule has 0 bridgehead atoms. The quantitative estimate of drug-likeness (QED) is 0.241. The second-order valence-electron chi connectivity index (χ2n) is 9.01. The second kappa shape index (κ2) is 13.1. The standard InChI is InChI=1S/C28H31N3O6.Na/c1-17-11-24(36-16-23(33)15-32)12-18(2)26(17)25-6-4-5-21(19(25)3)13-29-22-9-7-20(8-10-22)14-31-27(34)30-28(35)37-31;/h4-12,23,29,32-33H,13-16H2,1-3H3,(H,30,34,35);/q;+1/p-1/t23-;/m0./s1. The summed E-state index contributed by atoms with van der Waals surface area (Å²) >= 11 is 0. The molecular weight excluding hydrogens is 497 g/mol. The van der Waals surface area contributed by atoms with Gasteiger partial charge in [0.05, 0.1) is 6.61 Å². The van der Waals surface area contributed by atoms with Crippen molar-refractivity contribution in [3.63, 3.8) is 0 Å². The molecule has 0 amide bonds. The molecule has 0 saturated carbocycles. The molecule has 3 aromatic carbocycles. The Labute approximate surface area is 242 Å². The number of benzene rings is 3. The van der Waals surface area contributed by atoms with Crippen LogP contribution in [0.2, 0.25) is 0 Å². The summed E-state index contributed by atoms with van der Waals surface area (Å²) in [4.78, 5) is 25.9. The minimum atomic E-state index is -0.909. The maximum Gasteiger partial charge on any atom is 1.00 e. The van der Waals surface area contributed by atoms with Crippen molar-refractivity contribution in [1.82, 2.24) is 9.72 Å². The first-order valence-electron chi connectivity index (χ1n) is 11.9. The summed E-state index contributed by atoms with van der Waals surface area (Å²) in [5, 5.41) is 22.0. The summed E-state index contributed by atoms with van der Waals surface area (Å²) in [7, 11) is 0. The van der Waals surface area contributed by atoms with Crippen LogP contribution in [0.4, 0.5) is 5.69 Å². The van der Waals surface area contributed by atoms with Gasteiger partial charge < -0.3 is 29.8 Å². The largest absolute Gasteiger partial charge is 1.00 e. The Kier molecular flexibility index (Phi) is 10.2. The van der Waals surface area contributed by atoms with E-state index in [4.69, 9.17) is 14.4 Å². The number of aryl methyl sites for hydroxylation is 2. The number of nitrogens with one attached hydrogen (secondary N) is 1. The van der Waals surface area contributed by atoms with Crippen molar-refractivity contribution in [2.24, 2.45) is 0 Å². The van der Waals surface area contributed by atoms with Crippen LogP contribution in [-0.2, 0) is 13.1 Å². The summed E-state index contributed by atoms with van der Waals surface area (Å²) < 4.78 is 11.3. The summed E-state index contributed by atoms with van der Waals surface area (Å²) in [6.45, 7) is 6.64. The van der Waals surface area contributed by atoms with Crippen molar-refractivity contribution in [2.45, 2.75) is 40.0 Å². The third kappa shape index (κ3) is 7.06. The van der Waals surface area contributed by atoms with Crippen LogP contribution in [0.3, 0.4) is 0 Å². The van der Waals surface area contributed by atoms with Gasteiger partial charge >= 0.3 is 35.3 Å². The molecule has 9 nitrogen and oxygen atoms in total. The smallest absolute Gasteiger partial charge is 0.491 e. The zero-order valence-corrected chi connectivity index (χ0v) is 24.0. The summed E-state index contributed by atoms with van der Waals surface area (Å²) in [6, 6.07) is 17.7. The molecule has 0 aliphatic carbocycles. The molecule has 1 atom stereocenters. The van der Waals surface area contributed by atoms with Gasteiger partial charge in [-0.1, -0.05) is 30.3 Å². The monoisotopic (exact) mass is 527 g/mol. The van der Waals surface area contributed by atoms with Crippen molar-refractivity contribution in [1.29, 1.82) is 0 Å². The average Bonchev–Trinajstić information content (AvgIpc) is 3.19. The molecule has 0 saturated heterocycles. The Morgan fingerprint density at radius 3 is 2.34 bits per heavy atom. The van der Waals surface area contributed by atoms with E-state index in [1.807, 2.05) is 56.3 Å². The molecule has 4 rings (SSSR count). The molecule has 0 spiro atoms. The number of aromatic nitrogens is 2. The van der Waals surface area contributed by atoms with E-state index in [0.717, 1.165) is 43.8 Å². The normalized spacial score (nSPS) is 11.6. The van der Waals surface area contributed by atoms with Crippen molar-refractivity contribution in [2.75, 3.05) is 18.5 Å². The molecule has 0 aliphatic heterocycles. The third-order valence-corrected chi connectivity index (χ3v) is 6.23. The van der Waals surface area contributed by atoms with Gasteiger partial charge in [-0.15, -0.1) is 0 Å². The molecule has 1 aromatic heterocycles. The fraction of sp³-hybridized carbons (Fsp3) is 0.286. The number of rotatable bonds is 10. The van der Waals surface area contributed by atoms with Crippen LogP contribution in [0.25, 0.3) is 11.1 Å². The molecular formula is C28H30N3NaO6. The number of aliphatic hydroxyl groups excluding tert-OH is 2. The van der Waals surface area contributed by atoms with Crippen LogP contribution in [0.5, 0.6) is 5.75 Å². The molecule has 0 unspecified atom stereocenters. The summed E-state index contributed by atoms with van der Waals surface area (Å²) in [5.74, 6) is -0.236. The minimum Gasteiger partial charge on any atom is -0.491 e. The number of nitrogens with zero attached hydrogens (tertiary/aromatic N) is 2. The first-order valence-corrected chi connectivity index (χ1v) is 11.9. The van der Waals surface area contributed by atoms with Crippen LogP contribution in [0, 0.1) is 20.8 Å². The Morgan fingerprint density at radius 1 is 1.05 bits per heavy atom. The van der Waals surface area contributed by atoms with E-state index in [1.54, 1.807) is 0 Å². The van der Waals surface area contributed by atoms with Gasteiger partial charge in [0.15, 0.2) is 5.69 Å². The maximum atomic E-state index is 11.6. The number of hydrogen-bond acceptors (Lipinski definition) is 7. The van der Waals surface area contributed by atoms with Gasteiger partial charge in [0.2, 0.25) is 0 Å². The fourth-order valence-electron chi connectivity index (χ4n) is 4.30. The van der Waals surface area contributed by atoms with Crippen molar-refractivity contribution in [3.05, 3.63) is 103 Å². The van der Waals surface area contributed by atoms with Gasteiger partial charge in [-0.05, 0) is 84.0 Å². The third-order valence-electron chi connectivity index (χ3n) is 6.23. The molecule has 38 heavy (non-hydrogen) atoms. The van der Waals surface area contributed by atoms with Gasteiger partial charge in [-0.3, -0.25) is 9.53 Å². The zero-order valence-electron chi connectivity index (χ0n) is 22.0. The van der Waals surface area contributed by atoms with Gasteiger partial charge in [-0.2, -0.15) is 0 Å². The molecule has 10 heteroatoms. The van der Waals surface area contributed by atoms with Crippen LogP contribution in [0.15, 0.2) is 68.7 Å². The van der Waals surface area contributed by atoms with Gasteiger partial charge in [0, 0.05) is 18.8 Å². The SMILES string of the molecule is Cc1cc(OC[C@@H](O)CO)cc(C)c1-c1cccc(CNc2ccc(Cn3oc(=O)[n-]c3=O)cc2)c1C.[Na+]. The van der Waals surface area contributed by atoms with Gasteiger partial charge in [-0.25, -0.2) is 4.79 Å². The first kappa shape index (κ1) is 29.5. The molecule has 3 N–H and O–H groups in total. The molecule has 194 valence electrons.